The summed E-state index contributed by atoms with van der Waals surface area (Å²) in [4.78, 5) is 16.1. The highest BCUT2D eigenvalue weighted by atomic mass is 19.4. The summed E-state index contributed by atoms with van der Waals surface area (Å²) in [5, 5.41) is 0. The third kappa shape index (κ3) is 3.50. The van der Waals surface area contributed by atoms with Gasteiger partial charge >= 0.3 is 6.36 Å². The number of hydrogen-bond acceptors (Lipinski definition) is 4. The van der Waals surface area contributed by atoms with Crippen LogP contribution in [-0.2, 0) is 0 Å². The number of nitrogens with zero attached hydrogens (tertiary/aromatic N) is 1. The maximum absolute atomic E-state index is 12.5. The largest absolute Gasteiger partial charge is 0.573 e. The van der Waals surface area contributed by atoms with Gasteiger partial charge in [-0.25, -0.2) is 0 Å². The lowest BCUT2D eigenvalue weighted by Gasteiger charge is -2.15. The number of ether oxygens (including phenoxy) is 2. The Morgan fingerprint density at radius 1 is 1.14 bits per heavy atom. The fraction of sp³-hybridized carbons (Fsp3) is 0.143. The molecule has 4 nitrogen and oxygen atoms in total. The Labute approximate surface area is 118 Å². The second kappa shape index (κ2) is 5.82. The SMILES string of the molecule is COc1cccc(C(=O)c2ccccn2)c1OC(F)(F)F. The Kier molecular flexibility index (Phi) is 4.11. The second-order valence-electron chi connectivity index (χ2n) is 3.93. The molecule has 110 valence electrons. The van der Waals surface area contributed by atoms with Crippen molar-refractivity contribution < 1.29 is 27.4 Å². The number of carbonyl (C=O) groups is 1. The van der Waals surface area contributed by atoms with Crippen molar-refractivity contribution in [2.75, 3.05) is 7.11 Å². The first-order valence-corrected chi connectivity index (χ1v) is 5.81. The van der Waals surface area contributed by atoms with E-state index >= 15 is 0 Å². The maximum Gasteiger partial charge on any atom is 0.573 e. The van der Waals surface area contributed by atoms with Gasteiger partial charge in [0.05, 0.1) is 12.7 Å². The summed E-state index contributed by atoms with van der Waals surface area (Å²) in [5.74, 6) is -1.55. The maximum atomic E-state index is 12.5. The van der Waals surface area contributed by atoms with Crippen LogP contribution in [0.4, 0.5) is 13.2 Å². The summed E-state index contributed by atoms with van der Waals surface area (Å²) in [6, 6.07) is 8.45. The third-order valence-corrected chi connectivity index (χ3v) is 2.56. The number of benzene rings is 1. The number of rotatable bonds is 4. The molecule has 0 amide bonds. The summed E-state index contributed by atoms with van der Waals surface area (Å²) in [7, 11) is 1.19. The van der Waals surface area contributed by atoms with Gasteiger partial charge in [-0.05, 0) is 24.3 Å². The average molecular weight is 297 g/mol. The predicted molar refractivity (Wildman–Crippen MR) is 67.3 cm³/mol. The molecule has 1 aromatic carbocycles. The lowest BCUT2D eigenvalue weighted by Crippen LogP contribution is -2.20. The van der Waals surface area contributed by atoms with Crippen LogP contribution in [0.3, 0.4) is 0 Å². The van der Waals surface area contributed by atoms with Crippen LogP contribution in [0, 0.1) is 0 Å². The van der Waals surface area contributed by atoms with Crippen LogP contribution in [0.1, 0.15) is 16.1 Å². The molecule has 2 aromatic rings. The van der Waals surface area contributed by atoms with Crippen LogP contribution in [-0.4, -0.2) is 24.2 Å². The van der Waals surface area contributed by atoms with E-state index in [1.54, 1.807) is 12.1 Å². The number of hydrogen-bond donors (Lipinski definition) is 0. The number of halogens is 3. The predicted octanol–water partition coefficient (Wildman–Crippen LogP) is 3.22. The van der Waals surface area contributed by atoms with Crippen molar-refractivity contribution in [1.82, 2.24) is 4.98 Å². The molecule has 0 aliphatic carbocycles. The van der Waals surface area contributed by atoms with E-state index in [-0.39, 0.29) is 17.0 Å². The van der Waals surface area contributed by atoms with E-state index in [1.165, 1.54) is 37.6 Å². The molecular formula is C14H10F3NO3. The van der Waals surface area contributed by atoms with Gasteiger partial charge in [0.1, 0.15) is 5.69 Å². The van der Waals surface area contributed by atoms with Crippen molar-refractivity contribution in [3.63, 3.8) is 0 Å². The number of aromatic nitrogens is 1. The summed E-state index contributed by atoms with van der Waals surface area (Å²) >= 11 is 0. The van der Waals surface area contributed by atoms with E-state index in [2.05, 4.69) is 9.72 Å². The Morgan fingerprint density at radius 2 is 1.90 bits per heavy atom. The van der Waals surface area contributed by atoms with Crippen LogP contribution in [0.5, 0.6) is 11.5 Å². The van der Waals surface area contributed by atoms with E-state index in [1.807, 2.05) is 0 Å². The minimum atomic E-state index is -4.94. The smallest absolute Gasteiger partial charge is 0.493 e. The van der Waals surface area contributed by atoms with Gasteiger partial charge in [0.15, 0.2) is 11.5 Å². The topological polar surface area (TPSA) is 48.4 Å². The van der Waals surface area contributed by atoms with Crippen molar-refractivity contribution in [3.05, 3.63) is 53.9 Å². The molecule has 0 N–H and O–H groups in total. The molecule has 1 heterocycles. The average Bonchev–Trinajstić information content (AvgIpc) is 2.46. The first-order chi connectivity index (χ1) is 9.92. The fourth-order valence-corrected chi connectivity index (χ4v) is 1.71. The minimum Gasteiger partial charge on any atom is -0.493 e. The van der Waals surface area contributed by atoms with Gasteiger partial charge in [-0.15, -0.1) is 13.2 Å². The van der Waals surface area contributed by atoms with Gasteiger partial charge in [-0.3, -0.25) is 9.78 Å². The van der Waals surface area contributed by atoms with Crippen molar-refractivity contribution in [1.29, 1.82) is 0 Å². The number of alkyl halides is 3. The molecule has 1 aromatic heterocycles. The molecule has 2 rings (SSSR count). The lowest BCUT2D eigenvalue weighted by atomic mass is 10.1. The Hall–Kier alpha value is -2.57. The van der Waals surface area contributed by atoms with Crippen LogP contribution >= 0.6 is 0 Å². The molecule has 0 aliphatic heterocycles. The van der Waals surface area contributed by atoms with Gasteiger partial charge < -0.3 is 9.47 Å². The molecule has 0 unspecified atom stereocenters. The van der Waals surface area contributed by atoms with Gasteiger partial charge in [0, 0.05) is 6.20 Å². The molecule has 0 radical (unpaired) electrons. The van der Waals surface area contributed by atoms with E-state index in [4.69, 9.17) is 4.74 Å². The summed E-state index contributed by atoms with van der Waals surface area (Å²) in [6.07, 6.45) is -3.56. The quantitative estimate of drug-likeness (QED) is 0.813. The summed E-state index contributed by atoms with van der Waals surface area (Å²) in [5.41, 5.74) is -0.261. The zero-order valence-electron chi connectivity index (χ0n) is 10.8. The molecule has 0 spiro atoms. The first-order valence-electron chi connectivity index (χ1n) is 5.81. The third-order valence-electron chi connectivity index (χ3n) is 2.56. The molecular weight excluding hydrogens is 287 g/mol. The number of carbonyl (C=O) groups excluding carboxylic acids is 1. The van der Waals surface area contributed by atoms with Crippen molar-refractivity contribution >= 4 is 5.78 Å². The first kappa shape index (κ1) is 14.8. The molecule has 0 saturated carbocycles. The van der Waals surface area contributed by atoms with E-state index in [9.17, 15) is 18.0 Å². The van der Waals surface area contributed by atoms with Crippen molar-refractivity contribution in [2.45, 2.75) is 6.36 Å². The molecule has 0 fully saturated rings. The van der Waals surface area contributed by atoms with Crippen molar-refractivity contribution in [3.8, 4) is 11.5 Å². The van der Waals surface area contributed by atoms with Crippen molar-refractivity contribution in [2.24, 2.45) is 0 Å². The summed E-state index contributed by atoms with van der Waals surface area (Å²) in [6.45, 7) is 0. The highest BCUT2D eigenvalue weighted by Gasteiger charge is 2.35. The number of pyridine rings is 1. The Balaban J connectivity index is 2.50. The van der Waals surface area contributed by atoms with E-state index in [0.29, 0.717) is 0 Å². The Bertz CT molecular complexity index is 642. The standard InChI is InChI=1S/C14H10F3NO3/c1-20-11-7-4-5-9(13(11)21-14(15,16)17)12(19)10-6-2-3-8-18-10/h2-8H,1H3. The second-order valence-corrected chi connectivity index (χ2v) is 3.93. The molecule has 0 aliphatic rings. The van der Waals surface area contributed by atoms with E-state index < -0.39 is 17.9 Å². The van der Waals surface area contributed by atoms with E-state index in [0.717, 1.165) is 0 Å². The summed E-state index contributed by atoms with van der Waals surface area (Å²) < 4.78 is 46.2. The zero-order chi connectivity index (χ0) is 15.5. The molecule has 0 atom stereocenters. The van der Waals surface area contributed by atoms with Crippen LogP contribution in [0.15, 0.2) is 42.6 Å². The Morgan fingerprint density at radius 3 is 2.48 bits per heavy atom. The van der Waals surface area contributed by atoms with Gasteiger partial charge in [-0.2, -0.15) is 0 Å². The highest BCUT2D eigenvalue weighted by Crippen LogP contribution is 2.36. The number of ketones is 1. The van der Waals surface area contributed by atoms with Gasteiger partial charge in [0.2, 0.25) is 5.78 Å². The number of para-hydroxylation sites is 1. The minimum absolute atomic E-state index is 0.0118. The molecule has 7 heteroatoms. The highest BCUT2D eigenvalue weighted by molar-refractivity contribution is 6.10. The molecule has 0 saturated heterocycles. The van der Waals surface area contributed by atoms with Crippen LogP contribution in [0.2, 0.25) is 0 Å². The van der Waals surface area contributed by atoms with Crippen LogP contribution in [0.25, 0.3) is 0 Å². The van der Waals surface area contributed by atoms with Gasteiger partial charge in [0.25, 0.3) is 0 Å². The zero-order valence-corrected chi connectivity index (χ0v) is 10.8. The molecule has 0 bridgehead atoms. The van der Waals surface area contributed by atoms with Crippen LogP contribution < -0.4 is 9.47 Å². The lowest BCUT2D eigenvalue weighted by molar-refractivity contribution is -0.275. The van der Waals surface area contributed by atoms with Gasteiger partial charge in [-0.1, -0.05) is 12.1 Å². The molecule has 21 heavy (non-hydrogen) atoms. The fourth-order valence-electron chi connectivity index (χ4n) is 1.71. The number of methoxy groups -OCH3 is 1. The normalized spacial score (nSPS) is 11.0. The monoisotopic (exact) mass is 297 g/mol.